The average molecular weight is 763 g/mol. The zero-order valence-corrected chi connectivity index (χ0v) is 33.7. The van der Waals surface area contributed by atoms with Gasteiger partial charge in [-0.25, -0.2) is 0 Å². The third-order valence-electron chi connectivity index (χ3n) is 11.2. The predicted molar refractivity (Wildman–Crippen MR) is 227 cm³/mol. The second-order valence-corrected chi connectivity index (χ2v) is 16.7. The van der Waals surface area contributed by atoms with Gasteiger partial charge in [-0.15, -0.1) is 0 Å². The lowest BCUT2D eigenvalue weighted by Gasteiger charge is -2.19. The van der Waals surface area contributed by atoms with Crippen LogP contribution in [0.5, 0.6) is 17.2 Å². The van der Waals surface area contributed by atoms with Crippen molar-refractivity contribution in [2.45, 2.75) is 78.8 Å². The molecule has 0 aliphatic carbocycles. The van der Waals surface area contributed by atoms with Crippen molar-refractivity contribution in [1.29, 1.82) is 0 Å². The van der Waals surface area contributed by atoms with Crippen LogP contribution in [0, 0.1) is 19.3 Å². The van der Waals surface area contributed by atoms with Gasteiger partial charge in [-0.05, 0) is 77.6 Å². The Morgan fingerprint density at radius 2 is 1.21 bits per heavy atom. The van der Waals surface area contributed by atoms with E-state index < -0.39 is 0 Å². The Kier molecular flexibility index (Phi) is 10.3. The number of carbonyl (C=O) groups excluding carboxylic acids is 2. The first kappa shape index (κ1) is 37.9. The molecule has 0 unspecified atom stereocenters. The summed E-state index contributed by atoms with van der Waals surface area (Å²) in [7, 11) is 1.57. The standard InChI is InChI=1S/C48H50N4O5/c1-30-8-12-33(13-9-30)35-21-37-26-49-41-24-43(31(2)20-39(41)46(53)51(37)28-35)56-18-7-19-57-45-25-42-40(23-44(45)55-6)47(54)52-29-36(22-38(52)27-50-42)34-14-10-32(11-15-34)16-17-48(3,4)5/h8-15,20,23-29,37-38H,7,16-19,21-22H2,1-6H3/t37-,38-/m0/s1. The highest BCUT2D eigenvalue weighted by Gasteiger charge is 2.35. The maximum Gasteiger partial charge on any atom is 0.260 e. The molecule has 4 aromatic carbocycles. The number of aryl methyl sites for hydroxylation is 3. The summed E-state index contributed by atoms with van der Waals surface area (Å²) in [4.78, 5) is 40.7. The fourth-order valence-corrected chi connectivity index (χ4v) is 7.75. The molecule has 0 bridgehead atoms. The molecule has 2 amide bonds. The number of carbonyl (C=O) groups is 2. The molecule has 9 heteroatoms. The lowest BCUT2D eigenvalue weighted by atomic mass is 9.88. The second kappa shape index (κ2) is 15.5. The topological polar surface area (TPSA) is 93.0 Å². The number of amides is 2. The molecular weight excluding hydrogens is 713 g/mol. The fourth-order valence-electron chi connectivity index (χ4n) is 7.75. The van der Waals surface area contributed by atoms with E-state index in [4.69, 9.17) is 24.2 Å². The molecule has 0 N–H and O–H groups in total. The summed E-state index contributed by atoms with van der Waals surface area (Å²) in [5.41, 5.74) is 10.4. The Morgan fingerprint density at radius 3 is 1.77 bits per heavy atom. The van der Waals surface area contributed by atoms with E-state index in [0.29, 0.717) is 71.2 Å². The Morgan fingerprint density at radius 1 is 0.684 bits per heavy atom. The van der Waals surface area contributed by atoms with Gasteiger partial charge < -0.3 is 24.0 Å². The van der Waals surface area contributed by atoms with Crippen LogP contribution in [0.2, 0.25) is 0 Å². The number of rotatable bonds is 11. The summed E-state index contributed by atoms with van der Waals surface area (Å²) in [6.45, 7) is 11.6. The van der Waals surface area contributed by atoms with Gasteiger partial charge in [0.15, 0.2) is 11.5 Å². The molecule has 4 aromatic rings. The van der Waals surface area contributed by atoms with Crippen LogP contribution in [0.4, 0.5) is 11.4 Å². The van der Waals surface area contributed by atoms with Crippen molar-refractivity contribution in [3.05, 3.63) is 124 Å². The van der Waals surface area contributed by atoms with E-state index in [1.165, 1.54) is 11.1 Å². The van der Waals surface area contributed by atoms with E-state index in [-0.39, 0.29) is 23.9 Å². The minimum absolute atomic E-state index is 0.0623. The van der Waals surface area contributed by atoms with E-state index in [2.05, 4.69) is 76.2 Å². The number of aliphatic imine (C=N–C) groups is 2. The fraction of sp³-hybridized carbons (Fsp3) is 0.333. The highest BCUT2D eigenvalue weighted by Crippen LogP contribution is 2.41. The van der Waals surface area contributed by atoms with E-state index in [1.807, 2.05) is 43.9 Å². The first-order valence-corrected chi connectivity index (χ1v) is 19.9. The predicted octanol–water partition coefficient (Wildman–Crippen LogP) is 10.1. The molecular formula is C48H50N4O5. The van der Waals surface area contributed by atoms with Crippen LogP contribution >= 0.6 is 0 Å². The number of hydrogen-bond donors (Lipinski definition) is 0. The minimum atomic E-state index is -0.167. The molecule has 2 atom stereocenters. The van der Waals surface area contributed by atoms with Crippen LogP contribution in [0.15, 0.2) is 95.2 Å². The maximum atomic E-state index is 13.9. The maximum absolute atomic E-state index is 13.9. The van der Waals surface area contributed by atoms with Crippen LogP contribution < -0.4 is 14.2 Å². The van der Waals surface area contributed by atoms with Crippen molar-refractivity contribution in [1.82, 2.24) is 9.80 Å². The lowest BCUT2D eigenvalue weighted by molar-refractivity contribution is 0.0809. The average Bonchev–Trinajstić information content (AvgIpc) is 3.78. The van der Waals surface area contributed by atoms with Crippen LogP contribution in [-0.2, 0) is 6.42 Å². The smallest absolute Gasteiger partial charge is 0.260 e. The first-order chi connectivity index (χ1) is 27.4. The monoisotopic (exact) mass is 762 g/mol. The van der Waals surface area contributed by atoms with Crippen molar-refractivity contribution < 1.29 is 23.8 Å². The molecule has 0 aromatic heterocycles. The Hall–Kier alpha value is -5.96. The van der Waals surface area contributed by atoms with Crippen molar-refractivity contribution >= 4 is 46.8 Å². The Balaban J connectivity index is 0.880. The largest absolute Gasteiger partial charge is 0.493 e. The second-order valence-electron chi connectivity index (χ2n) is 16.7. The van der Waals surface area contributed by atoms with Gasteiger partial charge in [-0.2, -0.15) is 0 Å². The van der Waals surface area contributed by atoms with Crippen LogP contribution in [0.3, 0.4) is 0 Å². The number of benzene rings is 4. The van der Waals surface area contributed by atoms with Crippen molar-refractivity contribution in [2.75, 3.05) is 20.3 Å². The highest BCUT2D eigenvalue weighted by atomic mass is 16.5. The van der Waals surface area contributed by atoms with Gasteiger partial charge in [0, 0.05) is 56.2 Å². The number of fused-ring (bicyclic) bond motifs is 4. The van der Waals surface area contributed by atoms with E-state index >= 15 is 0 Å². The lowest BCUT2D eigenvalue weighted by Crippen LogP contribution is -2.32. The third-order valence-corrected chi connectivity index (χ3v) is 11.2. The molecule has 9 nitrogen and oxygen atoms in total. The van der Waals surface area contributed by atoms with Crippen LogP contribution in [0.25, 0.3) is 11.1 Å². The van der Waals surface area contributed by atoms with Crippen LogP contribution in [-0.4, -0.2) is 66.5 Å². The third kappa shape index (κ3) is 8.01. The summed E-state index contributed by atoms with van der Waals surface area (Å²) >= 11 is 0. The minimum Gasteiger partial charge on any atom is -0.493 e. The molecule has 0 spiro atoms. The molecule has 0 saturated carbocycles. The van der Waals surface area contributed by atoms with E-state index in [9.17, 15) is 9.59 Å². The first-order valence-electron chi connectivity index (χ1n) is 19.9. The van der Waals surface area contributed by atoms with E-state index in [0.717, 1.165) is 47.1 Å². The molecule has 0 saturated heterocycles. The molecule has 57 heavy (non-hydrogen) atoms. The van der Waals surface area contributed by atoms with Gasteiger partial charge >= 0.3 is 0 Å². The van der Waals surface area contributed by atoms with Gasteiger partial charge in [0.1, 0.15) is 5.75 Å². The van der Waals surface area contributed by atoms with Gasteiger partial charge in [-0.1, -0.05) is 74.9 Å². The van der Waals surface area contributed by atoms with Crippen molar-refractivity contribution in [3.8, 4) is 17.2 Å². The van der Waals surface area contributed by atoms with Crippen molar-refractivity contribution in [2.24, 2.45) is 15.4 Å². The van der Waals surface area contributed by atoms with Gasteiger partial charge in [0.05, 0.1) is 54.9 Å². The zero-order chi connectivity index (χ0) is 39.8. The molecule has 4 aliphatic heterocycles. The normalized spacial score (nSPS) is 18.3. The SMILES string of the molecule is COc1cc2c(cc1OCCCOc1cc3c(cc1C)C(=O)N1C=C(c4ccc(C)cc4)C[C@H]1C=N3)N=C[C@@H]1CC(c3ccc(CCC(C)(C)C)cc3)=CN1C2=O. The van der Waals surface area contributed by atoms with Gasteiger partial charge in [0.25, 0.3) is 11.8 Å². The highest BCUT2D eigenvalue weighted by molar-refractivity contribution is 6.06. The van der Waals surface area contributed by atoms with Crippen LogP contribution in [0.1, 0.15) is 95.0 Å². The number of hydrogen-bond acceptors (Lipinski definition) is 7. The number of ether oxygens (including phenoxy) is 3. The summed E-state index contributed by atoms with van der Waals surface area (Å²) in [5, 5.41) is 0. The molecule has 292 valence electrons. The summed E-state index contributed by atoms with van der Waals surface area (Å²) in [6, 6.07) is 24.1. The van der Waals surface area contributed by atoms with Gasteiger partial charge in [-0.3, -0.25) is 19.6 Å². The Bertz CT molecular complexity index is 2330. The number of nitrogens with zero attached hydrogens (tertiary/aromatic N) is 4. The quantitative estimate of drug-likeness (QED) is 0.142. The van der Waals surface area contributed by atoms with Gasteiger partial charge in [0.2, 0.25) is 0 Å². The summed E-state index contributed by atoms with van der Waals surface area (Å²) < 4.78 is 18.0. The van der Waals surface area contributed by atoms with Crippen molar-refractivity contribution in [3.63, 3.8) is 0 Å². The Labute approximate surface area is 335 Å². The molecule has 0 radical (unpaired) electrons. The summed E-state index contributed by atoms with van der Waals surface area (Å²) in [6.07, 6.45) is 11.8. The molecule has 0 fully saturated rings. The molecule has 4 aliphatic rings. The van der Waals surface area contributed by atoms with E-state index in [1.54, 1.807) is 29.0 Å². The summed E-state index contributed by atoms with van der Waals surface area (Å²) in [5.74, 6) is 1.48. The number of methoxy groups -OCH3 is 1. The molecule has 8 rings (SSSR count). The molecule has 4 heterocycles. The zero-order valence-electron chi connectivity index (χ0n) is 33.7.